The summed E-state index contributed by atoms with van der Waals surface area (Å²) in [7, 11) is 3.48. The molecule has 3 aromatic heterocycles. The number of hydrogen-bond acceptors (Lipinski definition) is 6. The molecule has 0 spiro atoms. The molecule has 5 rings (SSSR count). The van der Waals surface area contributed by atoms with Gasteiger partial charge >= 0.3 is 6.03 Å². The Labute approximate surface area is 185 Å². The number of carbonyl (C=O) groups excluding carboxylic acids is 1. The second-order valence-electron chi connectivity index (χ2n) is 8.01. The Bertz CT molecular complexity index is 1130. The van der Waals surface area contributed by atoms with Crippen molar-refractivity contribution in [2.24, 2.45) is 0 Å². The van der Waals surface area contributed by atoms with Crippen LogP contribution in [-0.4, -0.2) is 59.1 Å². The van der Waals surface area contributed by atoms with E-state index >= 15 is 0 Å². The lowest BCUT2D eigenvalue weighted by Crippen LogP contribution is -2.53. The maximum Gasteiger partial charge on any atom is 0.324 e. The molecule has 31 heavy (non-hydrogen) atoms. The number of aromatic nitrogens is 2. The molecular formula is C23H25N5O2S. The normalized spacial score (nSPS) is 17.2. The Kier molecular flexibility index (Phi) is 5.02. The smallest absolute Gasteiger partial charge is 0.324 e. The molecule has 5 heterocycles. The Morgan fingerprint density at radius 1 is 1.23 bits per heavy atom. The fourth-order valence-electron chi connectivity index (χ4n) is 4.47. The minimum absolute atomic E-state index is 0.0657. The first-order valence-electron chi connectivity index (χ1n) is 10.4. The zero-order valence-corrected chi connectivity index (χ0v) is 18.6. The van der Waals surface area contributed by atoms with Crippen molar-refractivity contribution in [1.82, 2.24) is 19.8 Å². The number of methoxy groups -OCH3 is 1. The van der Waals surface area contributed by atoms with Gasteiger partial charge in [0.1, 0.15) is 4.83 Å². The molecular weight excluding hydrogens is 410 g/mol. The molecule has 0 atom stereocenters. The van der Waals surface area contributed by atoms with E-state index in [0.717, 1.165) is 57.8 Å². The number of hydrogen-bond donors (Lipinski definition) is 0. The summed E-state index contributed by atoms with van der Waals surface area (Å²) in [4.78, 5) is 30.4. The van der Waals surface area contributed by atoms with Crippen LogP contribution in [0.5, 0.6) is 5.88 Å². The predicted molar refractivity (Wildman–Crippen MR) is 124 cm³/mol. The number of carbonyl (C=O) groups is 1. The van der Waals surface area contributed by atoms with Crippen molar-refractivity contribution < 1.29 is 9.53 Å². The summed E-state index contributed by atoms with van der Waals surface area (Å²) in [5, 5.41) is 1.04. The predicted octanol–water partition coefficient (Wildman–Crippen LogP) is 4.35. The molecule has 1 fully saturated rings. The quantitative estimate of drug-likeness (QED) is 0.610. The molecule has 0 aromatic carbocycles. The number of ether oxygens (including phenoxy) is 1. The topological polar surface area (TPSA) is 61.8 Å². The molecule has 3 aromatic rings. The maximum atomic E-state index is 13.3. The van der Waals surface area contributed by atoms with Gasteiger partial charge in [-0.15, -0.1) is 11.3 Å². The van der Waals surface area contributed by atoms with E-state index in [2.05, 4.69) is 22.5 Å². The van der Waals surface area contributed by atoms with E-state index < -0.39 is 0 Å². The third kappa shape index (κ3) is 3.40. The van der Waals surface area contributed by atoms with Gasteiger partial charge in [-0.3, -0.25) is 4.90 Å². The fourth-order valence-corrected chi connectivity index (χ4v) is 5.47. The first-order valence-corrected chi connectivity index (χ1v) is 11.2. The molecule has 1 saturated heterocycles. The zero-order chi connectivity index (χ0) is 21.5. The lowest BCUT2D eigenvalue weighted by Gasteiger charge is -2.43. The maximum absolute atomic E-state index is 13.3. The first kappa shape index (κ1) is 19.8. The van der Waals surface area contributed by atoms with Crippen LogP contribution in [-0.2, 0) is 6.54 Å². The molecule has 0 radical (unpaired) electrons. The van der Waals surface area contributed by atoms with Gasteiger partial charge in [-0.1, -0.05) is 6.58 Å². The van der Waals surface area contributed by atoms with E-state index in [1.54, 1.807) is 23.3 Å². The molecule has 2 aliphatic rings. The molecule has 0 saturated carbocycles. The monoisotopic (exact) mass is 435 g/mol. The van der Waals surface area contributed by atoms with Crippen molar-refractivity contribution >= 4 is 33.3 Å². The van der Waals surface area contributed by atoms with E-state index in [1.165, 1.54) is 0 Å². The first-order chi connectivity index (χ1) is 15.1. The van der Waals surface area contributed by atoms with Crippen LogP contribution in [0.2, 0.25) is 0 Å². The van der Waals surface area contributed by atoms with Gasteiger partial charge in [0.05, 0.1) is 19.3 Å². The van der Waals surface area contributed by atoms with Crippen LogP contribution in [0, 0.1) is 0 Å². The fraction of sp³-hybridized carbons (Fsp3) is 0.348. The minimum Gasteiger partial charge on any atom is -0.481 e. The minimum atomic E-state index is 0.0657. The van der Waals surface area contributed by atoms with Gasteiger partial charge in [-0.25, -0.2) is 14.8 Å². The number of urea groups is 1. The summed E-state index contributed by atoms with van der Waals surface area (Å²) in [6.07, 6.45) is 7.49. The van der Waals surface area contributed by atoms with Crippen molar-refractivity contribution in [3.63, 3.8) is 0 Å². The number of piperidine rings is 1. The van der Waals surface area contributed by atoms with E-state index in [-0.39, 0.29) is 12.1 Å². The number of amides is 2. The second-order valence-corrected chi connectivity index (χ2v) is 9.04. The SMILES string of the molecule is C=CN1CCC(N2C(=O)N(C)Cc3cnc4sc(-c5ccc(OC)nc5)cc4c32)CC1. The number of rotatable bonds is 4. The number of likely N-dealkylation sites (tertiary alicyclic amines) is 1. The van der Waals surface area contributed by atoms with Crippen LogP contribution < -0.4 is 9.64 Å². The van der Waals surface area contributed by atoms with Gasteiger partial charge in [-0.2, -0.15) is 0 Å². The highest BCUT2D eigenvalue weighted by Crippen LogP contribution is 2.42. The van der Waals surface area contributed by atoms with Gasteiger partial charge in [0, 0.05) is 66.0 Å². The number of anilines is 1. The number of thiophene rings is 1. The van der Waals surface area contributed by atoms with E-state index in [0.29, 0.717) is 12.4 Å². The highest BCUT2D eigenvalue weighted by atomic mass is 32.1. The lowest BCUT2D eigenvalue weighted by molar-refractivity contribution is 0.200. The number of pyridine rings is 2. The van der Waals surface area contributed by atoms with Crippen LogP contribution in [0.25, 0.3) is 20.7 Å². The Morgan fingerprint density at radius 2 is 2.03 bits per heavy atom. The number of nitrogens with zero attached hydrogens (tertiary/aromatic N) is 5. The lowest BCUT2D eigenvalue weighted by atomic mass is 9.99. The van der Waals surface area contributed by atoms with Crippen LogP contribution in [0.4, 0.5) is 10.5 Å². The van der Waals surface area contributed by atoms with E-state index in [9.17, 15) is 4.79 Å². The van der Waals surface area contributed by atoms with Gasteiger partial charge in [0.25, 0.3) is 0 Å². The van der Waals surface area contributed by atoms with E-state index in [1.807, 2.05) is 42.7 Å². The molecule has 7 nitrogen and oxygen atoms in total. The highest BCUT2D eigenvalue weighted by Gasteiger charge is 2.36. The summed E-state index contributed by atoms with van der Waals surface area (Å²) < 4.78 is 5.18. The average Bonchev–Trinajstić information content (AvgIpc) is 3.25. The van der Waals surface area contributed by atoms with Crippen LogP contribution in [0.15, 0.2) is 43.4 Å². The molecule has 160 valence electrons. The third-order valence-electron chi connectivity index (χ3n) is 6.14. The standard InChI is InChI=1S/C23H25N5O2S/c1-4-27-9-7-17(8-10-27)28-21-16(14-26(2)23(28)29)13-25-22-18(21)11-19(31-22)15-5-6-20(30-3)24-12-15/h4-6,11-13,17H,1,7-10,14H2,2-3H3. The third-order valence-corrected chi connectivity index (χ3v) is 7.24. The molecule has 2 amide bonds. The van der Waals surface area contributed by atoms with Crippen LogP contribution >= 0.6 is 11.3 Å². The van der Waals surface area contributed by atoms with Crippen LogP contribution in [0.1, 0.15) is 18.4 Å². The highest BCUT2D eigenvalue weighted by molar-refractivity contribution is 7.21. The van der Waals surface area contributed by atoms with Crippen LogP contribution in [0.3, 0.4) is 0 Å². The Hall–Kier alpha value is -3.13. The molecule has 0 N–H and O–H groups in total. The Balaban J connectivity index is 1.59. The van der Waals surface area contributed by atoms with Gasteiger partial charge in [0.2, 0.25) is 5.88 Å². The second kappa shape index (κ2) is 7.85. The molecule has 0 aliphatic carbocycles. The van der Waals surface area contributed by atoms with Crippen molar-refractivity contribution in [1.29, 1.82) is 0 Å². The largest absolute Gasteiger partial charge is 0.481 e. The zero-order valence-electron chi connectivity index (χ0n) is 17.7. The molecule has 0 unspecified atom stereocenters. The Morgan fingerprint density at radius 3 is 2.71 bits per heavy atom. The molecule has 2 aliphatic heterocycles. The molecule has 0 bridgehead atoms. The summed E-state index contributed by atoms with van der Waals surface area (Å²) >= 11 is 1.63. The summed E-state index contributed by atoms with van der Waals surface area (Å²) in [5.74, 6) is 0.589. The summed E-state index contributed by atoms with van der Waals surface area (Å²) in [5.41, 5.74) is 3.13. The van der Waals surface area contributed by atoms with Crippen molar-refractivity contribution in [3.8, 4) is 16.3 Å². The number of fused-ring (bicyclic) bond motifs is 3. The van der Waals surface area contributed by atoms with Gasteiger partial charge in [0.15, 0.2) is 0 Å². The average molecular weight is 436 g/mol. The van der Waals surface area contributed by atoms with Crippen molar-refractivity contribution in [2.75, 3.05) is 32.1 Å². The summed E-state index contributed by atoms with van der Waals surface area (Å²) in [6, 6.07) is 6.25. The van der Waals surface area contributed by atoms with Gasteiger partial charge < -0.3 is 14.5 Å². The molecule has 8 heteroatoms. The van der Waals surface area contributed by atoms with E-state index in [4.69, 9.17) is 9.72 Å². The van der Waals surface area contributed by atoms with Crippen molar-refractivity contribution in [3.05, 3.63) is 48.9 Å². The van der Waals surface area contributed by atoms with Crippen molar-refractivity contribution in [2.45, 2.75) is 25.4 Å². The summed E-state index contributed by atoms with van der Waals surface area (Å²) in [6.45, 7) is 6.29. The van der Waals surface area contributed by atoms with Gasteiger partial charge in [-0.05, 0) is 31.2 Å².